The maximum absolute atomic E-state index is 14.4. The lowest BCUT2D eigenvalue weighted by atomic mass is 10.2. The first kappa shape index (κ1) is 25.1. The zero-order valence-corrected chi connectivity index (χ0v) is 22.7. The van der Waals surface area contributed by atoms with E-state index in [1.165, 1.54) is 22.2 Å². The predicted octanol–water partition coefficient (Wildman–Crippen LogP) is 4.61. The fourth-order valence-electron chi connectivity index (χ4n) is 5.57. The number of amides is 1. The number of thiocarbonyl (C=S) groups is 1. The number of halogens is 1. The summed E-state index contributed by atoms with van der Waals surface area (Å²) in [4.78, 5) is 38.4. The van der Waals surface area contributed by atoms with E-state index in [1.807, 2.05) is 30.0 Å². The second-order valence-corrected chi connectivity index (χ2v) is 11.7. The fourth-order valence-corrected chi connectivity index (χ4v) is 6.95. The molecular weight excluding hydrogens is 521 g/mol. The van der Waals surface area contributed by atoms with Gasteiger partial charge in [0.15, 0.2) is 0 Å². The van der Waals surface area contributed by atoms with Gasteiger partial charge < -0.3 is 9.80 Å². The van der Waals surface area contributed by atoms with Crippen LogP contribution < -0.4 is 15.4 Å². The van der Waals surface area contributed by atoms with Crippen LogP contribution in [-0.2, 0) is 4.79 Å². The molecule has 1 aliphatic carbocycles. The van der Waals surface area contributed by atoms with Crippen molar-refractivity contribution in [2.75, 3.05) is 36.0 Å². The number of aryl methyl sites for hydroxylation is 1. The van der Waals surface area contributed by atoms with Gasteiger partial charge >= 0.3 is 0 Å². The van der Waals surface area contributed by atoms with Crippen LogP contribution in [0.4, 0.5) is 15.9 Å². The Kier molecular flexibility index (Phi) is 6.69. The Morgan fingerprint density at radius 3 is 2.47 bits per heavy atom. The normalized spacial score (nSPS) is 19.9. The molecule has 1 aromatic carbocycles. The molecule has 0 bridgehead atoms. The van der Waals surface area contributed by atoms with Crippen molar-refractivity contribution in [3.8, 4) is 0 Å². The minimum atomic E-state index is -0.247. The van der Waals surface area contributed by atoms with Crippen molar-refractivity contribution in [3.05, 3.63) is 74.8 Å². The molecule has 3 aliphatic rings. The van der Waals surface area contributed by atoms with Crippen LogP contribution in [0.2, 0.25) is 0 Å². The van der Waals surface area contributed by atoms with Crippen molar-refractivity contribution in [1.82, 2.24) is 14.3 Å². The lowest BCUT2D eigenvalue weighted by Crippen LogP contribution is -2.47. The smallest absolute Gasteiger partial charge is 0.267 e. The molecule has 4 heterocycles. The number of benzene rings is 1. The highest BCUT2D eigenvalue weighted by atomic mass is 32.2. The van der Waals surface area contributed by atoms with Crippen molar-refractivity contribution in [1.29, 1.82) is 0 Å². The fraction of sp³-hybridized carbons (Fsp3) is 0.357. The standard InChI is InChI=1S/C28H28FN5O2S2/c1-18-10-11-24-30-25(32-14-12-31(13-15-32)22-9-5-4-8-21(22)29)20(26(35)33(24)17-18)16-23-27(36)34(28(37)38-23)19-6-2-3-7-19/h4-5,8-11,16-17,19H,2-3,6-7,12-15H2,1H3/b23-16-. The molecule has 6 rings (SSSR count). The first-order valence-electron chi connectivity index (χ1n) is 13.0. The van der Waals surface area contributed by atoms with Gasteiger partial charge in [0.2, 0.25) is 0 Å². The van der Waals surface area contributed by atoms with Crippen LogP contribution >= 0.6 is 24.0 Å². The molecule has 7 nitrogen and oxygen atoms in total. The maximum atomic E-state index is 14.4. The second kappa shape index (κ2) is 10.1. The number of nitrogens with zero attached hydrogens (tertiary/aromatic N) is 5. The number of hydrogen-bond acceptors (Lipinski definition) is 7. The Hall–Kier alpha value is -3.24. The van der Waals surface area contributed by atoms with E-state index in [0.717, 1.165) is 31.2 Å². The molecule has 3 aromatic rings. The maximum Gasteiger partial charge on any atom is 0.267 e. The van der Waals surface area contributed by atoms with Crippen molar-refractivity contribution in [3.63, 3.8) is 0 Å². The number of rotatable bonds is 4. The lowest BCUT2D eigenvalue weighted by molar-refractivity contribution is -0.123. The molecule has 2 aliphatic heterocycles. The number of piperazine rings is 1. The Morgan fingerprint density at radius 1 is 1.03 bits per heavy atom. The number of aromatic nitrogens is 2. The van der Waals surface area contributed by atoms with Gasteiger partial charge in [-0.2, -0.15) is 0 Å². The second-order valence-electron chi connectivity index (χ2n) is 10.0. The predicted molar refractivity (Wildman–Crippen MR) is 154 cm³/mol. The van der Waals surface area contributed by atoms with Gasteiger partial charge in [-0.05, 0) is 49.6 Å². The van der Waals surface area contributed by atoms with E-state index in [1.54, 1.807) is 29.3 Å². The first-order valence-corrected chi connectivity index (χ1v) is 14.2. The van der Waals surface area contributed by atoms with Crippen LogP contribution in [0.25, 0.3) is 11.7 Å². The number of hydrogen-bond donors (Lipinski definition) is 0. The molecule has 2 aromatic heterocycles. The monoisotopic (exact) mass is 549 g/mol. The summed E-state index contributed by atoms with van der Waals surface area (Å²) in [5, 5.41) is 0. The molecule has 0 N–H and O–H groups in total. The highest BCUT2D eigenvalue weighted by Crippen LogP contribution is 2.38. The average molecular weight is 550 g/mol. The van der Waals surface area contributed by atoms with Gasteiger partial charge in [0, 0.05) is 38.4 Å². The first-order chi connectivity index (χ1) is 18.4. The van der Waals surface area contributed by atoms with Crippen molar-refractivity contribution in [2.45, 2.75) is 38.6 Å². The van der Waals surface area contributed by atoms with Gasteiger partial charge in [0.25, 0.3) is 11.5 Å². The number of thioether (sulfide) groups is 1. The molecule has 0 atom stereocenters. The Morgan fingerprint density at radius 2 is 1.74 bits per heavy atom. The summed E-state index contributed by atoms with van der Waals surface area (Å²) in [5.74, 6) is 0.164. The Bertz CT molecular complexity index is 1520. The zero-order chi connectivity index (χ0) is 26.4. The van der Waals surface area contributed by atoms with Crippen LogP contribution in [0.15, 0.2) is 52.3 Å². The summed E-state index contributed by atoms with van der Waals surface area (Å²) in [5.41, 5.74) is 2.20. The van der Waals surface area contributed by atoms with E-state index < -0.39 is 0 Å². The number of para-hydroxylation sites is 1. The summed E-state index contributed by atoms with van der Waals surface area (Å²) in [6.07, 6.45) is 7.55. The third-order valence-electron chi connectivity index (χ3n) is 7.55. The van der Waals surface area contributed by atoms with Crippen LogP contribution in [0, 0.1) is 12.7 Å². The summed E-state index contributed by atoms with van der Waals surface area (Å²) in [6, 6.07) is 10.7. The molecule has 196 valence electrons. The molecule has 0 radical (unpaired) electrons. The van der Waals surface area contributed by atoms with Crippen molar-refractivity contribution < 1.29 is 9.18 Å². The van der Waals surface area contributed by atoms with E-state index in [-0.39, 0.29) is 23.3 Å². The zero-order valence-electron chi connectivity index (χ0n) is 21.1. The molecular formula is C28H28FN5O2S2. The topological polar surface area (TPSA) is 61.2 Å². The van der Waals surface area contributed by atoms with E-state index in [9.17, 15) is 14.0 Å². The molecule has 2 saturated heterocycles. The number of carbonyl (C=O) groups excluding carboxylic acids is 1. The highest BCUT2D eigenvalue weighted by molar-refractivity contribution is 8.26. The summed E-state index contributed by atoms with van der Waals surface area (Å²) in [7, 11) is 0. The van der Waals surface area contributed by atoms with E-state index in [4.69, 9.17) is 17.2 Å². The number of anilines is 2. The Labute approximate surface area is 229 Å². The van der Waals surface area contributed by atoms with Crippen LogP contribution in [0.5, 0.6) is 0 Å². The molecule has 1 saturated carbocycles. The van der Waals surface area contributed by atoms with Crippen molar-refractivity contribution >= 4 is 57.4 Å². The SMILES string of the molecule is Cc1ccc2nc(N3CCN(c4ccccc4F)CC3)c(/C=C3\SC(=S)N(C4CCCC4)C3=O)c(=O)n2c1. The molecule has 1 amide bonds. The van der Waals surface area contributed by atoms with Gasteiger partial charge in [-0.15, -0.1) is 0 Å². The van der Waals surface area contributed by atoms with E-state index in [0.29, 0.717) is 58.1 Å². The third-order valence-corrected chi connectivity index (χ3v) is 8.88. The minimum absolute atomic E-state index is 0.129. The number of pyridine rings is 1. The van der Waals surface area contributed by atoms with Crippen molar-refractivity contribution in [2.24, 2.45) is 0 Å². The average Bonchev–Trinajstić information content (AvgIpc) is 3.54. The largest absolute Gasteiger partial charge is 0.366 e. The quantitative estimate of drug-likeness (QED) is 0.348. The van der Waals surface area contributed by atoms with Crippen LogP contribution in [0.1, 0.15) is 36.8 Å². The van der Waals surface area contributed by atoms with Crippen LogP contribution in [-0.4, -0.2) is 56.7 Å². The number of carbonyl (C=O) groups is 1. The molecule has 38 heavy (non-hydrogen) atoms. The number of fused-ring (bicyclic) bond motifs is 1. The van der Waals surface area contributed by atoms with Gasteiger partial charge in [0.1, 0.15) is 21.6 Å². The van der Waals surface area contributed by atoms with Gasteiger partial charge in [0.05, 0.1) is 16.2 Å². The summed E-state index contributed by atoms with van der Waals surface area (Å²) < 4.78 is 16.5. The van der Waals surface area contributed by atoms with Gasteiger partial charge in [-0.3, -0.25) is 18.9 Å². The molecule has 0 unspecified atom stereocenters. The minimum Gasteiger partial charge on any atom is -0.366 e. The van der Waals surface area contributed by atoms with E-state index >= 15 is 0 Å². The molecule has 0 spiro atoms. The lowest BCUT2D eigenvalue weighted by Gasteiger charge is -2.37. The highest BCUT2D eigenvalue weighted by Gasteiger charge is 2.38. The van der Waals surface area contributed by atoms with E-state index in [2.05, 4.69) is 4.90 Å². The molecule has 3 fully saturated rings. The van der Waals surface area contributed by atoms with Crippen LogP contribution in [0.3, 0.4) is 0 Å². The summed E-state index contributed by atoms with van der Waals surface area (Å²) in [6.45, 7) is 4.21. The van der Waals surface area contributed by atoms with Gasteiger partial charge in [-0.1, -0.05) is 55.0 Å². The summed E-state index contributed by atoms with van der Waals surface area (Å²) >= 11 is 6.84. The molecule has 10 heteroatoms. The van der Waals surface area contributed by atoms with Gasteiger partial charge in [-0.25, -0.2) is 9.37 Å². The third kappa shape index (κ3) is 4.49. The Balaban J connectivity index is 1.37.